The Morgan fingerprint density at radius 3 is 1.90 bits per heavy atom. The number of likely N-dealkylation sites (tertiary alicyclic amines) is 2. The summed E-state index contributed by atoms with van der Waals surface area (Å²) in [5, 5.41) is 0. The minimum Gasteiger partial charge on any atom is -0.328 e. The molecule has 2 fully saturated rings. The van der Waals surface area contributed by atoms with E-state index in [1.54, 1.807) is 0 Å². The van der Waals surface area contributed by atoms with E-state index in [1.807, 2.05) is 0 Å². The van der Waals surface area contributed by atoms with Crippen LogP contribution in [-0.4, -0.2) is 62.8 Å². The summed E-state index contributed by atoms with van der Waals surface area (Å²) in [6, 6.07) is 0.939. The molecule has 2 rings (SSSR count). The van der Waals surface area contributed by atoms with Crippen LogP contribution in [0, 0.1) is 5.92 Å². The first-order valence-electron chi connectivity index (χ1n) is 8.95. The number of piperidine rings is 2. The van der Waals surface area contributed by atoms with Gasteiger partial charge in [-0.25, -0.2) is 0 Å². The fourth-order valence-electron chi connectivity index (χ4n) is 4.15. The normalized spacial score (nSPS) is 32.1. The molecule has 0 amide bonds. The molecule has 2 heteroatoms. The maximum atomic E-state index is 2.37. The quantitative estimate of drug-likeness (QED) is 0.675. The first-order valence-corrected chi connectivity index (χ1v) is 8.95. The van der Waals surface area contributed by atoms with Gasteiger partial charge in [0.2, 0.25) is 0 Å². The van der Waals surface area contributed by atoms with Gasteiger partial charge in [-0.3, -0.25) is 0 Å². The number of nitrogens with zero attached hydrogens (tertiary/aromatic N) is 2. The van der Waals surface area contributed by atoms with Gasteiger partial charge in [0.1, 0.15) is 0 Å². The van der Waals surface area contributed by atoms with Crippen LogP contribution in [0.1, 0.15) is 58.8 Å². The zero-order chi connectivity index (χ0) is 15.2. The Morgan fingerprint density at radius 1 is 0.800 bits per heavy atom. The van der Waals surface area contributed by atoms with Crippen molar-refractivity contribution in [3.05, 3.63) is 0 Å². The highest BCUT2D eigenvalue weighted by Gasteiger charge is 2.29. The van der Waals surface area contributed by atoms with Gasteiger partial charge in [-0.2, -0.15) is 0 Å². The highest BCUT2D eigenvalue weighted by Crippen LogP contribution is 2.23. The fraction of sp³-hybridized carbons (Fsp3) is 1.00. The Kier molecular flexibility index (Phi) is 7.00. The van der Waals surface area contributed by atoms with Crippen LogP contribution in [0.25, 0.3) is 0 Å². The molecule has 0 aromatic heterocycles. The van der Waals surface area contributed by atoms with Crippen molar-refractivity contribution in [3.8, 4) is 0 Å². The van der Waals surface area contributed by atoms with Gasteiger partial charge in [-0.05, 0) is 44.9 Å². The number of hydrogen-bond donors (Lipinski definition) is 0. The van der Waals surface area contributed by atoms with Crippen LogP contribution in [0.4, 0.5) is 0 Å². The Morgan fingerprint density at radius 2 is 1.50 bits per heavy atom. The van der Waals surface area contributed by atoms with Crippen LogP contribution >= 0.6 is 0 Å². The van der Waals surface area contributed by atoms with Crippen molar-refractivity contribution < 1.29 is 8.97 Å². The van der Waals surface area contributed by atoms with Gasteiger partial charge in [-0.15, -0.1) is 0 Å². The molecule has 2 saturated heterocycles. The average Bonchev–Trinajstić information content (AvgIpc) is 2.38. The molecule has 0 saturated carbocycles. The van der Waals surface area contributed by atoms with Crippen LogP contribution in [-0.2, 0) is 0 Å². The standard InChI is InChI=1S/2C9H20N/c1-4-9-6-5-7-10(2,3)8-9;1-4-9-7-5-6-8-10(9,2)3/h2*9H,4-8H2,1-3H3/q2*+1. The molecule has 2 heterocycles. The average molecular weight is 285 g/mol. The summed E-state index contributed by atoms with van der Waals surface area (Å²) in [6.07, 6.45) is 9.98. The molecular weight excluding hydrogens is 244 g/mol. The molecule has 0 radical (unpaired) electrons. The lowest BCUT2D eigenvalue weighted by molar-refractivity contribution is -0.920. The molecule has 0 spiro atoms. The molecule has 2 nitrogen and oxygen atoms in total. The highest BCUT2D eigenvalue weighted by molar-refractivity contribution is 4.62. The molecule has 0 aromatic carbocycles. The van der Waals surface area contributed by atoms with Crippen LogP contribution in [0.3, 0.4) is 0 Å². The van der Waals surface area contributed by atoms with Crippen molar-refractivity contribution in [3.63, 3.8) is 0 Å². The summed E-state index contributed by atoms with van der Waals surface area (Å²) in [4.78, 5) is 0. The molecule has 0 N–H and O–H groups in total. The van der Waals surface area contributed by atoms with Gasteiger partial charge in [0.15, 0.2) is 0 Å². The zero-order valence-corrected chi connectivity index (χ0v) is 15.1. The minimum atomic E-state index is 0.939. The molecular formula is C18H40N2+2. The third-order valence-electron chi connectivity index (χ3n) is 5.69. The van der Waals surface area contributed by atoms with E-state index in [4.69, 9.17) is 0 Å². The second kappa shape index (κ2) is 7.79. The zero-order valence-electron chi connectivity index (χ0n) is 15.1. The largest absolute Gasteiger partial charge is 0.328 e. The van der Waals surface area contributed by atoms with E-state index in [9.17, 15) is 0 Å². The smallest absolute Gasteiger partial charge is 0.0883 e. The van der Waals surface area contributed by atoms with Crippen molar-refractivity contribution in [2.75, 3.05) is 47.8 Å². The summed E-state index contributed by atoms with van der Waals surface area (Å²) >= 11 is 0. The van der Waals surface area contributed by atoms with Gasteiger partial charge >= 0.3 is 0 Å². The highest BCUT2D eigenvalue weighted by atomic mass is 15.3. The second-order valence-electron chi connectivity index (χ2n) is 8.32. The van der Waals surface area contributed by atoms with Crippen LogP contribution in [0.2, 0.25) is 0 Å². The van der Waals surface area contributed by atoms with E-state index >= 15 is 0 Å². The molecule has 2 atom stereocenters. The number of quaternary nitrogens is 2. The summed E-state index contributed by atoms with van der Waals surface area (Å²) in [6.45, 7) is 8.80. The molecule has 2 aliphatic heterocycles. The summed E-state index contributed by atoms with van der Waals surface area (Å²) in [7, 11) is 9.43. The maximum Gasteiger partial charge on any atom is 0.0883 e. The lowest BCUT2D eigenvalue weighted by atomic mass is 9.95. The third-order valence-corrected chi connectivity index (χ3v) is 5.69. The molecule has 0 aromatic rings. The summed E-state index contributed by atoms with van der Waals surface area (Å²) < 4.78 is 2.51. The van der Waals surface area contributed by atoms with Crippen molar-refractivity contribution in [1.29, 1.82) is 0 Å². The first kappa shape index (κ1) is 18.0. The van der Waals surface area contributed by atoms with E-state index in [2.05, 4.69) is 42.0 Å². The van der Waals surface area contributed by atoms with Crippen LogP contribution in [0.15, 0.2) is 0 Å². The van der Waals surface area contributed by atoms with Crippen molar-refractivity contribution in [2.24, 2.45) is 5.92 Å². The van der Waals surface area contributed by atoms with Crippen LogP contribution in [0.5, 0.6) is 0 Å². The van der Waals surface area contributed by atoms with E-state index < -0.39 is 0 Å². The lowest BCUT2D eigenvalue weighted by Crippen LogP contribution is -2.51. The first-order chi connectivity index (χ1) is 9.30. The monoisotopic (exact) mass is 284 g/mol. The predicted molar refractivity (Wildman–Crippen MR) is 89.8 cm³/mol. The van der Waals surface area contributed by atoms with Gasteiger partial charge in [0, 0.05) is 5.92 Å². The Labute approximate surface area is 128 Å². The molecule has 20 heavy (non-hydrogen) atoms. The molecule has 120 valence electrons. The summed E-state index contributed by atoms with van der Waals surface area (Å²) in [5.41, 5.74) is 0. The SMILES string of the molecule is CCC1CCCC[N+]1(C)C.CCC1CCC[N+](C)(C)C1. The van der Waals surface area contributed by atoms with E-state index in [1.165, 1.54) is 73.5 Å². The Bertz CT molecular complexity index is 271. The predicted octanol–water partition coefficient (Wildman–Crippen LogP) is 3.91. The van der Waals surface area contributed by atoms with Gasteiger partial charge in [-0.1, -0.05) is 13.8 Å². The molecule has 2 aliphatic rings. The van der Waals surface area contributed by atoms with Crippen LogP contribution < -0.4 is 0 Å². The second-order valence-corrected chi connectivity index (χ2v) is 8.32. The number of rotatable bonds is 2. The fourth-order valence-corrected chi connectivity index (χ4v) is 4.15. The third kappa shape index (κ3) is 5.73. The summed E-state index contributed by atoms with van der Waals surface area (Å²) in [5.74, 6) is 1.00. The Hall–Kier alpha value is -0.0800. The van der Waals surface area contributed by atoms with Crippen molar-refractivity contribution >= 4 is 0 Å². The number of hydrogen-bond acceptors (Lipinski definition) is 0. The minimum absolute atomic E-state index is 0.939. The van der Waals surface area contributed by atoms with E-state index in [0.29, 0.717) is 0 Å². The van der Waals surface area contributed by atoms with Gasteiger partial charge in [0.05, 0.1) is 53.9 Å². The Balaban J connectivity index is 0.000000200. The topological polar surface area (TPSA) is 0 Å². The van der Waals surface area contributed by atoms with Crippen molar-refractivity contribution in [2.45, 2.75) is 64.8 Å². The van der Waals surface area contributed by atoms with E-state index in [0.717, 1.165) is 12.0 Å². The van der Waals surface area contributed by atoms with Gasteiger partial charge < -0.3 is 8.97 Å². The van der Waals surface area contributed by atoms with Gasteiger partial charge in [0.25, 0.3) is 0 Å². The molecule has 2 unspecified atom stereocenters. The van der Waals surface area contributed by atoms with E-state index in [-0.39, 0.29) is 0 Å². The lowest BCUT2D eigenvalue weighted by Gasteiger charge is -2.41. The maximum absolute atomic E-state index is 2.37. The van der Waals surface area contributed by atoms with Crippen molar-refractivity contribution in [1.82, 2.24) is 0 Å². The molecule has 0 bridgehead atoms. The molecule has 0 aliphatic carbocycles.